The van der Waals surface area contributed by atoms with Gasteiger partial charge in [-0.2, -0.15) is 0 Å². The Balaban J connectivity index is 2.12. The van der Waals surface area contributed by atoms with E-state index in [2.05, 4.69) is 10.3 Å². The number of nitro benzene ring substituents is 1. The highest BCUT2D eigenvalue weighted by Crippen LogP contribution is 2.30. The van der Waals surface area contributed by atoms with Gasteiger partial charge in [0.15, 0.2) is 6.61 Å². The second-order valence-electron chi connectivity index (χ2n) is 6.62. The quantitative estimate of drug-likeness (QED) is 0.395. The monoisotopic (exact) mass is 389 g/mol. The molecule has 3 N–H and O–H groups in total. The molecule has 0 saturated carbocycles. The van der Waals surface area contributed by atoms with E-state index in [0.29, 0.717) is 22.4 Å². The van der Waals surface area contributed by atoms with Crippen molar-refractivity contribution in [1.82, 2.24) is 4.98 Å². The predicted molar refractivity (Wildman–Crippen MR) is 102 cm³/mol. The maximum absolute atomic E-state index is 12.3. The van der Waals surface area contributed by atoms with E-state index in [9.17, 15) is 24.8 Å². The first-order chi connectivity index (χ1) is 13.0. The van der Waals surface area contributed by atoms with Crippen LogP contribution in [0, 0.1) is 37.8 Å². The SMILES string of the molecule is Cc1ccc([N+](=O)[O-])c(NC(=O)COC(=O)c2[nH]c(C)c([C@@H](C)O)c2C)c1C. The van der Waals surface area contributed by atoms with E-state index in [1.807, 2.05) is 0 Å². The topological polar surface area (TPSA) is 135 Å². The third kappa shape index (κ3) is 4.20. The molecule has 0 fully saturated rings. The van der Waals surface area contributed by atoms with Crippen LogP contribution in [0.4, 0.5) is 11.4 Å². The van der Waals surface area contributed by atoms with Gasteiger partial charge >= 0.3 is 5.97 Å². The van der Waals surface area contributed by atoms with Crippen LogP contribution >= 0.6 is 0 Å². The fraction of sp³-hybridized carbons (Fsp3) is 0.368. The van der Waals surface area contributed by atoms with Gasteiger partial charge in [0, 0.05) is 17.3 Å². The van der Waals surface area contributed by atoms with Crippen LogP contribution in [0.2, 0.25) is 0 Å². The molecular formula is C19H23N3O6. The van der Waals surface area contributed by atoms with E-state index in [1.54, 1.807) is 40.7 Å². The Kier molecular flexibility index (Phi) is 6.19. The lowest BCUT2D eigenvalue weighted by Crippen LogP contribution is -2.22. The number of nitrogens with zero attached hydrogens (tertiary/aromatic N) is 1. The van der Waals surface area contributed by atoms with Crippen molar-refractivity contribution in [2.45, 2.75) is 40.7 Å². The van der Waals surface area contributed by atoms with Crippen LogP contribution in [0.3, 0.4) is 0 Å². The van der Waals surface area contributed by atoms with E-state index in [4.69, 9.17) is 4.74 Å². The number of carbonyl (C=O) groups is 2. The zero-order valence-corrected chi connectivity index (χ0v) is 16.4. The second kappa shape index (κ2) is 8.22. The van der Waals surface area contributed by atoms with Gasteiger partial charge in [-0.05, 0) is 51.3 Å². The lowest BCUT2D eigenvalue weighted by atomic mass is 10.1. The molecule has 2 rings (SSSR count). The van der Waals surface area contributed by atoms with Crippen molar-refractivity contribution in [2.24, 2.45) is 0 Å². The Morgan fingerprint density at radius 3 is 2.43 bits per heavy atom. The number of benzene rings is 1. The minimum absolute atomic E-state index is 0.0781. The first-order valence-corrected chi connectivity index (χ1v) is 8.63. The van der Waals surface area contributed by atoms with Crippen LogP contribution in [0.15, 0.2) is 12.1 Å². The molecule has 0 unspecified atom stereocenters. The molecule has 28 heavy (non-hydrogen) atoms. The highest BCUT2D eigenvalue weighted by Gasteiger charge is 2.23. The van der Waals surface area contributed by atoms with E-state index in [1.165, 1.54) is 6.07 Å². The number of ether oxygens (including phenoxy) is 1. The van der Waals surface area contributed by atoms with Crippen LogP contribution < -0.4 is 5.32 Å². The lowest BCUT2D eigenvalue weighted by molar-refractivity contribution is -0.384. The summed E-state index contributed by atoms with van der Waals surface area (Å²) in [5.41, 5.74) is 3.11. The van der Waals surface area contributed by atoms with E-state index in [-0.39, 0.29) is 17.1 Å². The smallest absolute Gasteiger partial charge is 0.355 e. The maximum atomic E-state index is 12.3. The zero-order chi connectivity index (χ0) is 21.2. The molecule has 1 heterocycles. The summed E-state index contributed by atoms with van der Waals surface area (Å²) in [6, 6.07) is 2.91. The van der Waals surface area contributed by atoms with Gasteiger partial charge in [0.05, 0.1) is 11.0 Å². The number of rotatable bonds is 6. The summed E-state index contributed by atoms with van der Waals surface area (Å²) < 4.78 is 5.03. The number of amides is 1. The molecule has 0 spiro atoms. The number of aliphatic hydroxyl groups is 1. The number of aromatic nitrogens is 1. The number of aliphatic hydroxyl groups excluding tert-OH is 1. The van der Waals surface area contributed by atoms with Gasteiger partial charge in [-0.15, -0.1) is 0 Å². The van der Waals surface area contributed by atoms with Gasteiger partial charge in [-0.1, -0.05) is 6.07 Å². The normalized spacial score (nSPS) is 11.8. The summed E-state index contributed by atoms with van der Waals surface area (Å²) >= 11 is 0. The van der Waals surface area contributed by atoms with Crippen molar-refractivity contribution in [2.75, 3.05) is 11.9 Å². The predicted octanol–water partition coefficient (Wildman–Crippen LogP) is 3.01. The van der Waals surface area contributed by atoms with E-state index >= 15 is 0 Å². The van der Waals surface area contributed by atoms with Crippen molar-refractivity contribution in [1.29, 1.82) is 0 Å². The molecule has 0 aliphatic rings. The first kappa shape index (κ1) is 21.1. The van der Waals surface area contributed by atoms with Crippen molar-refractivity contribution < 1.29 is 24.4 Å². The van der Waals surface area contributed by atoms with Gasteiger partial charge in [0.1, 0.15) is 11.4 Å². The van der Waals surface area contributed by atoms with Crippen LogP contribution in [0.1, 0.15) is 51.5 Å². The molecule has 0 radical (unpaired) electrons. The standard InChI is InChI=1S/C19H23N3O6/c1-9-6-7-14(22(26)27)17(10(9)2)21-15(24)8-28-19(25)18-11(3)16(13(5)23)12(4)20-18/h6-7,13,20,23H,8H2,1-5H3,(H,21,24)/t13-/m1/s1. The molecule has 1 amide bonds. The number of nitrogens with one attached hydrogen (secondary N) is 2. The summed E-state index contributed by atoms with van der Waals surface area (Å²) in [7, 11) is 0. The molecule has 1 aromatic heterocycles. The van der Waals surface area contributed by atoms with E-state index < -0.39 is 29.5 Å². The molecular weight excluding hydrogens is 366 g/mol. The van der Waals surface area contributed by atoms with Crippen LogP contribution in [0.25, 0.3) is 0 Å². The summed E-state index contributed by atoms with van der Waals surface area (Å²) in [6.07, 6.45) is -0.758. The number of H-pyrrole nitrogens is 1. The number of hydrogen-bond acceptors (Lipinski definition) is 6. The fourth-order valence-electron chi connectivity index (χ4n) is 3.09. The van der Waals surface area contributed by atoms with Gasteiger partial charge in [-0.25, -0.2) is 4.79 Å². The Hall–Kier alpha value is -3.20. The van der Waals surface area contributed by atoms with Gasteiger partial charge in [-0.3, -0.25) is 14.9 Å². The number of esters is 1. The molecule has 0 saturated heterocycles. The van der Waals surface area contributed by atoms with Gasteiger partial charge in [0.2, 0.25) is 0 Å². The molecule has 0 aliphatic heterocycles. The van der Waals surface area contributed by atoms with Crippen molar-refractivity contribution in [3.63, 3.8) is 0 Å². The fourth-order valence-corrected chi connectivity index (χ4v) is 3.09. The highest BCUT2D eigenvalue weighted by atomic mass is 16.6. The maximum Gasteiger partial charge on any atom is 0.355 e. The zero-order valence-electron chi connectivity index (χ0n) is 16.4. The molecule has 0 bridgehead atoms. The van der Waals surface area contributed by atoms with Crippen molar-refractivity contribution in [3.05, 3.63) is 55.9 Å². The first-order valence-electron chi connectivity index (χ1n) is 8.63. The minimum Gasteiger partial charge on any atom is -0.451 e. The third-order valence-electron chi connectivity index (χ3n) is 4.63. The van der Waals surface area contributed by atoms with Crippen LogP contribution in [0.5, 0.6) is 0 Å². The number of aromatic amines is 1. The molecule has 9 nitrogen and oxygen atoms in total. The largest absolute Gasteiger partial charge is 0.451 e. The summed E-state index contributed by atoms with van der Waals surface area (Å²) in [4.78, 5) is 37.9. The average molecular weight is 389 g/mol. The second-order valence-corrected chi connectivity index (χ2v) is 6.62. The van der Waals surface area contributed by atoms with Crippen molar-refractivity contribution in [3.8, 4) is 0 Å². The van der Waals surface area contributed by atoms with Gasteiger partial charge in [0.25, 0.3) is 11.6 Å². The Morgan fingerprint density at radius 1 is 1.25 bits per heavy atom. The Labute approximate surface area is 161 Å². The average Bonchev–Trinajstić information content (AvgIpc) is 2.91. The molecule has 1 atom stereocenters. The minimum atomic E-state index is -0.758. The highest BCUT2D eigenvalue weighted by molar-refractivity contribution is 5.97. The molecule has 1 aromatic carbocycles. The van der Waals surface area contributed by atoms with E-state index in [0.717, 1.165) is 5.56 Å². The molecule has 0 aliphatic carbocycles. The number of carbonyl (C=O) groups excluding carboxylic acids is 2. The summed E-state index contributed by atoms with van der Waals surface area (Å²) in [5.74, 6) is -1.44. The Morgan fingerprint density at radius 2 is 1.89 bits per heavy atom. The molecule has 9 heteroatoms. The van der Waals surface area contributed by atoms with Crippen LogP contribution in [-0.4, -0.2) is 33.5 Å². The number of nitro groups is 1. The third-order valence-corrected chi connectivity index (χ3v) is 4.63. The Bertz CT molecular complexity index is 946. The molecule has 2 aromatic rings. The van der Waals surface area contributed by atoms with Crippen molar-refractivity contribution >= 4 is 23.3 Å². The summed E-state index contributed by atoms with van der Waals surface area (Å²) in [5, 5.41) is 23.4. The number of hydrogen-bond donors (Lipinski definition) is 3. The van der Waals surface area contributed by atoms with Gasteiger partial charge < -0.3 is 20.1 Å². The number of aryl methyl sites for hydroxylation is 2. The summed E-state index contributed by atoms with van der Waals surface area (Å²) in [6.45, 7) is 7.80. The number of anilines is 1. The van der Waals surface area contributed by atoms with Crippen LogP contribution in [-0.2, 0) is 9.53 Å². The lowest BCUT2D eigenvalue weighted by Gasteiger charge is -2.11. The molecule has 150 valence electrons.